The van der Waals surface area contributed by atoms with Gasteiger partial charge in [-0.2, -0.15) is 13.2 Å². The molecule has 1 N–H and O–H groups in total. The summed E-state index contributed by atoms with van der Waals surface area (Å²) in [7, 11) is 0. The van der Waals surface area contributed by atoms with Gasteiger partial charge < -0.3 is 9.72 Å². The Labute approximate surface area is 177 Å². The van der Waals surface area contributed by atoms with Gasteiger partial charge in [0, 0.05) is 11.8 Å². The summed E-state index contributed by atoms with van der Waals surface area (Å²) in [5, 5.41) is 3.00. The van der Waals surface area contributed by atoms with Crippen molar-refractivity contribution < 1.29 is 18.0 Å². The molecular formula is C24H20F3N3O. The number of rotatable bonds is 4. The van der Waals surface area contributed by atoms with Gasteiger partial charge in [-0.3, -0.25) is 4.79 Å². The quantitative estimate of drug-likeness (QED) is 0.472. The molecule has 0 aliphatic rings. The van der Waals surface area contributed by atoms with E-state index in [1.54, 1.807) is 6.20 Å². The lowest BCUT2D eigenvalue weighted by molar-refractivity contribution is -0.137. The lowest BCUT2D eigenvalue weighted by Crippen LogP contribution is -2.31. The standard InChI is InChI=1S/C24H20F3N3O/c1-15-6-5-7-16(2)21(15)22(19-14-28-20-8-3-4-13-30(19)20)29-23(31)17-9-11-18(12-10-17)24(25,26)27/h3-14,22H,1-2H3,(H,29,31). The van der Waals surface area contributed by atoms with Crippen molar-refractivity contribution in [1.82, 2.24) is 14.7 Å². The fourth-order valence-corrected chi connectivity index (χ4v) is 3.77. The summed E-state index contributed by atoms with van der Waals surface area (Å²) < 4.78 is 40.5. The zero-order chi connectivity index (χ0) is 22.2. The Hall–Kier alpha value is -3.61. The first-order chi connectivity index (χ1) is 14.8. The van der Waals surface area contributed by atoms with E-state index in [2.05, 4.69) is 10.3 Å². The molecule has 0 aliphatic carbocycles. The Morgan fingerprint density at radius 3 is 2.29 bits per heavy atom. The molecule has 1 unspecified atom stereocenters. The summed E-state index contributed by atoms with van der Waals surface area (Å²) in [4.78, 5) is 17.5. The van der Waals surface area contributed by atoms with Crippen LogP contribution in [0.25, 0.3) is 5.65 Å². The van der Waals surface area contributed by atoms with Gasteiger partial charge in [-0.25, -0.2) is 4.98 Å². The summed E-state index contributed by atoms with van der Waals surface area (Å²) in [5.74, 6) is -0.466. The maximum atomic E-state index is 13.0. The van der Waals surface area contributed by atoms with Crippen LogP contribution in [-0.4, -0.2) is 15.3 Å². The number of carbonyl (C=O) groups is 1. The predicted molar refractivity (Wildman–Crippen MR) is 112 cm³/mol. The van der Waals surface area contributed by atoms with E-state index in [1.165, 1.54) is 12.1 Å². The fourth-order valence-electron chi connectivity index (χ4n) is 3.77. The molecule has 0 fully saturated rings. The Kier molecular flexibility index (Phi) is 5.27. The van der Waals surface area contributed by atoms with Crippen LogP contribution in [0.15, 0.2) is 73.1 Å². The number of nitrogens with zero attached hydrogens (tertiary/aromatic N) is 2. The predicted octanol–water partition coefficient (Wildman–Crippen LogP) is 5.49. The first kappa shape index (κ1) is 20.7. The van der Waals surface area contributed by atoms with Crippen LogP contribution in [0.5, 0.6) is 0 Å². The number of alkyl halides is 3. The Balaban J connectivity index is 1.76. The number of nitrogens with one attached hydrogen (secondary N) is 1. The van der Waals surface area contributed by atoms with Crippen LogP contribution < -0.4 is 5.32 Å². The second-order valence-electron chi connectivity index (χ2n) is 7.40. The molecule has 0 saturated carbocycles. The number of carbonyl (C=O) groups excluding carboxylic acids is 1. The topological polar surface area (TPSA) is 46.4 Å². The van der Waals surface area contributed by atoms with Crippen LogP contribution in [0.4, 0.5) is 13.2 Å². The van der Waals surface area contributed by atoms with Crippen LogP contribution in [0.1, 0.15) is 44.3 Å². The van der Waals surface area contributed by atoms with E-state index in [4.69, 9.17) is 0 Å². The molecule has 0 radical (unpaired) electrons. The lowest BCUT2D eigenvalue weighted by Gasteiger charge is -2.23. The Morgan fingerprint density at radius 2 is 1.65 bits per heavy atom. The first-order valence-corrected chi connectivity index (χ1v) is 9.72. The number of pyridine rings is 1. The first-order valence-electron chi connectivity index (χ1n) is 9.72. The van der Waals surface area contributed by atoms with Crippen LogP contribution in [-0.2, 0) is 6.18 Å². The maximum absolute atomic E-state index is 13.0. The minimum absolute atomic E-state index is 0.151. The van der Waals surface area contributed by atoms with E-state index < -0.39 is 23.7 Å². The van der Waals surface area contributed by atoms with E-state index in [9.17, 15) is 18.0 Å². The summed E-state index contributed by atoms with van der Waals surface area (Å²) in [5.41, 5.74) is 3.75. The van der Waals surface area contributed by atoms with Gasteiger partial charge in [-0.05, 0) is 66.9 Å². The molecule has 1 amide bonds. The third-order valence-electron chi connectivity index (χ3n) is 5.32. The van der Waals surface area contributed by atoms with E-state index >= 15 is 0 Å². The molecule has 0 saturated heterocycles. The number of hydrogen-bond donors (Lipinski definition) is 1. The molecule has 7 heteroatoms. The third-order valence-corrected chi connectivity index (χ3v) is 5.32. The highest BCUT2D eigenvalue weighted by Gasteiger charge is 2.30. The highest BCUT2D eigenvalue weighted by atomic mass is 19.4. The number of amides is 1. The number of benzene rings is 2. The SMILES string of the molecule is Cc1cccc(C)c1C(NC(=O)c1ccc(C(F)(F)F)cc1)c1cnc2ccccn12. The number of aryl methyl sites for hydroxylation is 2. The van der Waals surface area contributed by atoms with Crippen molar-refractivity contribution in [3.8, 4) is 0 Å². The lowest BCUT2D eigenvalue weighted by atomic mass is 9.94. The molecular weight excluding hydrogens is 403 g/mol. The van der Waals surface area contributed by atoms with Crippen molar-refractivity contribution in [1.29, 1.82) is 0 Å². The van der Waals surface area contributed by atoms with E-state index in [0.717, 1.165) is 40.2 Å². The van der Waals surface area contributed by atoms with E-state index in [0.29, 0.717) is 0 Å². The number of imidazole rings is 1. The average molecular weight is 423 g/mol. The second-order valence-corrected chi connectivity index (χ2v) is 7.40. The molecule has 158 valence electrons. The second kappa shape index (κ2) is 7.91. The van der Waals surface area contributed by atoms with Gasteiger partial charge in [0.15, 0.2) is 0 Å². The number of halogens is 3. The molecule has 2 aromatic carbocycles. The molecule has 0 spiro atoms. The van der Waals surface area contributed by atoms with Crippen molar-refractivity contribution in [2.75, 3.05) is 0 Å². The molecule has 4 aromatic rings. The van der Waals surface area contributed by atoms with Crippen LogP contribution in [0, 0.1) is 13.8 Å². The summed E-state index contributed by atoms with van der Waals surface area (Å²) in [6.07, 6.45) is -0.881. The van der Waals surface area contributed by atoms with Gasteiger partial charge in [0.2, 0.25) is 0 Å². The maximum Gasteiger partial charge on any atom is 0.416 e. The summed E-state index contributed by atoms with van der Waals surface area (Å²) >= 11 is 0. The van der Waals surface area contributed by atoms with Gasteiger partial charge >= 0.3 is 6.18 Å². The number of fused-ring (bicyclic) bond motifs is 1. The molecule has 4 nitrogen and oxygen atoms in total. The van der Waals surface area contributed by atoms with E-state index in [1.807, 2.05) is 60.8 Å². The molecule has 2 heterocycles. The van der Waals surface area contributed by atoms with Crippen LogP contribution in [0.3, 0.4) is 0 Å². The minimum atomic E-state index is -4.45. The zero-order valence-corrected chi connectivity index (χ0v) is 16.9. The summed E-state index contributed by atoms with van der Waals surface area (Å²) in [6, 6.07) is 15.1. The van der Waals surface area contributed by atoms with Gasteiger partial charge in [0.25, 0.3) is 5.91 Å². The van der Waals surface area contributed by atoms with Crippen LogP contribution >= 0.6 is 0 Å². The molecule has 0 bridgehead atoms. The Bertz CT molecular complexity index is 1220. The molecule has 1 atom stereocenters. The van der Waals surface area contributed by atoms with Gasteiger partial charge in [0.1, 0.15) is 5.65 Å². The highest BCUT2D eigenvalue weighted by Crippen LogP contribution is 2.31. The van der Waals surface area contributed by atoms with Crippen molar-refractivity contribution in [2.24, 2.45) is 0 Å². The van der Waals surface area contributed by atoms with Crippen molar-refractivity contribution in [3.05, 3.63) is 107 Å². The Morgan fingerprint density at radius 1 is 0.968 bits per heavy atom. The largest absolute Gasteiger partial charge is 0.416 e. The van der Waals surface area contributed by atoms with Gasteiger partial charge in [-0.1, -0.05) is 24.3 Å². The summed E-state index contributed by atoms with van der Waals surface area (Å²) in [6.45, 7) is 3.92. The normalized spacial score (nSPS) is 12.7. The van der Waals surface area contributed by atoms with Crippen molar-refractivity contribution >= 4 is 11.6 Å². The highest BCUT2D eigenvalue weighted by molar-refractivity contribution is 5.94. The molecule has 2 aromatic heterocycles. The molecule has 0 aliphatic heterocycles. The fraction of sp³-hybridized carbons (Fsp3) is 0.167. The smallest absolute Gasteiger partial charge is 0.340 e. The average Bonchev–Trinajstić information content (AvgIpc) is 3.16. The van der Waals surface area contributed by atoms with E-state index in [-0.39, 0.29) is 5.56 Å². The van der Waals surface area contributed by atoms with Crippen LogP contribution in [0.2, 0.25) is 0 Å². The minimum Gasteiger partial charge on any atom is -0.340 e. The van der Waals surface area contributed by atoms with Gasteiger partial charge in [-0.15, -0.1) is 0 Å². The van der Waals surface area contributed by atoms with Crippen molar-refractivity contribution in [2.45, 2.75) is 26.1 Å². The van der Waals surface area contributed by atoms with Crippen molar-refractivity contribution in [3.63, 3.8) is 0 Å². The monoisotopic (exact) mass is 423 g/mol. The van der Waals surface area contributed by atoms with Gasteiger partial charge in [0.05, 0.1) is 23.5 Å². The number of hydrogen-bond acceptors (Lipinski definition) is 2. The molecule has 4 rings (SSSR count). The molecule has 31 heavy (non-hydrogen) atoms. The number of aromatic nitrogens is 2. The third kappa shape index (κ3) is 4.03. The zero-order valence-electron chi connectivity index (χ0n) is 16.9.